The molecular formula is C31H27ClN2O6S. The van der Waals surface area contributed by atoms with Gasteiger partial charge in [0, 0.05) is 16.7 Å². The molecule has 2 aromatic carbocycles. The van der Waals surface area contributed by atoms with Crippen molar-refractivity contribution in [1.82, 2.24) is 4.57 Å². The maximum atomic E-state index is 13.8. The van der Waals surface area contributed by atoms with Gasteiger partial charge in [-0.3, -0.25) is 9.36 Å². The van der Waals surface area contributed by atoms with Crippen molar-refractivity contribution >= 4 is 41.0 Å². The number of hydrogen-bond donors (Lipinski definition) is 0. The normalized spacial score (nSPS) is 15.1. The van der Waals surface area contributed by atoms with Crippen LogP contribution in [0.3, 0.4) is 0 Å². The molecule has 10 heteroatoms. The number of halogens is 1. The topological polar surface area (TPSA) is 100 Å². The number of aromatic nitrogens is 1. The van der Waals surface area contributed by atoms with Gasteiger partial charge in [-0.1, -0.05) is 41.1 Å². The van der Waals surface area contributed by atoms with Crippen molar-refractivity contribution in [3.63, 3.8) is 0 Å². The third kappa shape index (κ3) is 5.55. The lowest BCUT2D eigenvalue weighted by atomic mass is 9.96. The van der Waals surface area contributed by atoms with Crippen molar-refractivity contribution < 1.29 is 23.5 Å². The minimum absolute atomic E-state index is 0.297. The Morgan fingerprint density at radius 2 is 1.80 bits per heavy atom. The Morgan fingerprint density at radius 1 is 1.07 bits per heavy atom. The first-order chi connectivity index (χ1) is 19.6. The summed E-state index contributed by atoms with van der Waals surface area (Å²) < 4.78 is 18.3. The second-order valence-corrected chi connectivity index (χ2v) is 11.3. The number of esters is 2. The Morgan fingerprint density at radius 3 is 2.46 bits per heavy atom. The van der Waals surface area contributed by atoms with Gasteiger partial charge in [0.05, 0.1) is 40.6 Å². The Kier molecular flexibility index (Phi) is 7.84. The highest BCUT2D eigenvalue weighted by Gasteiger charge is 2.33. The van der Waals surface area contributed by atoms with Crippen molar-refractivity contribution in [1.29, 1.82) is 0 Å². The number of thiazole rings is 1. The summed E-state index contributed by atoms with van der Waals surface area (Å²) in [6, 6.07) is 15.1. The lowest BCUT2D eigenvalue weighted by Crippen LogP contribution is -2.40. The number of furan rings is 1. The zero-order valence-corrected chi connectivity index (χ0v) is 24.6. The summed E-state index contributed by atoms with van der Waals surface area (Å²) in [7, 11) is 1.34. The van der Waals surface area contributed by atoms with Crippen LogP contribution in [0, 0.1) is 6.92 Å². The number of carbonyl (C=O) groups excluding carboxylic acids is 2. The van der Waals surface area contributed by atoms with Crippen LogP contribution < -0.4 is 14.9 Å². The first kappa shape index (κ1) is 28.3. The Bertz CT molecular complexity index is 1880. The second-order valence-electron chi connectivity index (χ2n) is 9.81. The summed E-state index contributed by atoms with van der Waals surface area (Å²) >= 11 is 7.34. The third-order valence-electron chi connectivity index (χ3n) is 6.58. The van der Waals surface area contributed by atoms with Crippen molar-refractivity contribution in [2.45, 2.75) is 39.8 Å². The molecule has 0 amide bonds. The average Bonchev–Trinajstić information content (AvgIpc) is 3.51. The molecule has 4 aromatic rings. The van der Waals surface area contributed by atoms with Gasteiger partial charge in [0.1, 0.15) is 11.5 Å². The summed E-state index contributed by atoms with van der Waals surface area (Å²) in [5.74, 6) is 0.120. The van der Waals surface area contributed by atoms with E-state index in [0.717, 1.165) is 11.1 Å². The van der Waals surface area contributed by atoms with E-state index in [2.05, 4.69) is 4.99 Å². The van der Waals surface area contributed by atoms with E-state index in [0.29, 0.717) is 48.3 Å². The van der Waals surface area contributed by atoms with E-state index in [4.69, 9.17) is 25.5 Å². The summed E-state index contributed by atoms with van der Waals surface area (Å²) in [6.07, 6.45) is 1.32. The van der Waals surface area contributed by atoms with E-state index in [1.54, 1.807) is 75.4 Å². The summed E-state index contributed by atoms with van der Waals surface area (Å²) in [5, 5.41) is 0.539. The number of carbonyl (C=O) groups is 2. The van der Waals surface area contributed by atoms with Gasteiger partial charge >= 0.3 is 11.9 Å². The van der Waals surface area contributed by atoms with Gasteiger partial charge in [0.15, 0.2) is 4.80 Å². The second kappa shape index (κ2) is 11.3. The zero-order chi connectivity index (χ0) is 29.4. The Hall–Kier alpha value is -4.21. The van der Waals surface area contributed by atoms with Crippen LogP contribution in [0.1, 0.15) is 54.1 Å². The molecule has 0 unspecified atom stereocenters. The quantitative estimate of drug-likeness (QED) is 0.286. The number of rotatable bonds is 6. The van der Waals surface area contributed by atoms with E-state index in [-0.39, 0.29) is 11.7 Å². The monoisotopic (exact) mass is 590 g/mol. The number of nitrogens with zero attached hydrogens (tertiary/aromatic N) is 2. The number of ether oxygens (including phenoxy) is 2. The maximum absolute atomic E-state index is 13.8. The Labute approximate surface area is 244 Å². The van der Waals surface area contributed by atoms with Crippen LogP contribution in [0.4, 0.5) is 0 Å². The first-order valence-corrected chi connectivity index (χ1v) is 14.0. The van der Waals surface area contributed by atoms with Gasteiger partial charge in [-0.15, -0.1) is 0 Å². The number of benzene rings is 2. The molecule has 210 valence electrons. The van der Waals surface area contributed by atoms with Crippen molar-refractivity contribution in [3.8, 4) is 11.3 Å². The van der Waals surface area contributed by atoms with Crippen LogP contribution in [0.15, 0.2) is 80.1 Å². The fourth-order valence-electron chi connectivity index (χ4n) is 4.71. The molecule has 0 fully saturated rings. The number of methoxy groups -OCH3 is 1. The molecular weight excluding hydrogens is 564 g/mol. The van der Waals surface area contributed by atoms with E-state index < -0.39 is 18.0 Å². The molecule has 0 radical (unpaired) electrons. The van der Waals surface area contributed by atoms with Crippen LogP contribution in [-0.4, -0.2) is 29.7 Å². The highest BCUT2D eigenvalue weighted by atomic mass is 35.5. The van der Waals surface area contributed by atoms with E-state index >= 15 is 0 Å². The van der Waals surface area contributed by atoms with Crippen LogP contribution in [0.2, 0.25) is 5.02 Å². The lowest BCUT2D eigenvalue weighted by Gasteiger charge is -2.25. The predicted molar refractivity (Wildman–Crippen MR) is 157 cm³/mol. The molecule has 3 heterocycles. The minimum Gasteiger partial charge on any atom is -0.465 e. The SMILES string of the molecule is COC(=O)c1ccc(-c2ccc(/C=c3/sc4n(c3=O)[C@H](c3ccc(Cl)cc3)C(C(=O)OC(C)C)=C(C)N=4)o2)c(C)c1. The van der Waals surface area contributed by atoms with Gasteiger partial charge in [-0.05, 0) is 75.2 Å². The molecule has 0 saturated carbocycles. The molecule has 8 nitrogen and oxygen atoms in total. The molecule has 1 atom stereocenters. The fourth-order valence-corrected chi connectivity index (χ4v) is 5.86. The largest absolute Gasteiger partial charge is 0.465 e. The van der Waals surface area contributed by atoms with Crippen LogP contribution in [-0.2, 0) is 14.3 Å². The molecule has 1 aliphatic rings. The zero-order valence-electron chi connectivity index (χ0n) is 23.1. The molecule has 0 saturated heterocycles. The smallest absolute Gasteiger partial charge is 0.338 e. The van der Waals surface area contributed by atoms with Gasteiger partial charge in [0.2, 0.25) is 0 Å². The number of allylic oxidation sites excluding steroid dienone is 1. The summed E-state index contributed by atoms with van der Waals surface area (Å²) in [5.41, 5.74) is 3.27. The lowest BCUT2D eigenvalue weighted by molar-refractivity contribution is -0.143. The predicted octanol–water partition coefficient (Wildman–Crippen LogP) is 5.20. The number of hydrogen-bond acceptors (Lipinski definition) is 8. The van der Waals surface area contributed by atoms with Crippen LogP contribution >= 0.6 is 22.9 Å². The van der Waals surface area contributed by atoms with Gasteiger partial charge < -0.3 is 13.9 Å². The molecule has 2 aromatic heterocycles. The molecule has 1 aliphatic heterocycles. The fraction of sp³-hybridized carbons (Fsp3) is 0.226. The van der Waals surface area contributed by atoms with Crippen molar-refractivity contribution in [2.75, 3.05) is 7.11 Å². The maximum Gasteiger partial charge on any atom is 0.338 e. The molecule has 41 heavy (non-hydrogen) atoms. The molecule has 0 aliphatic carbocycles. The number of aryl methyl sites for hydroxylation is 1. The third-order valence-corrected chi connectivity index (χ3v) is 7.82. The highest BCUT2D eigenvalue weighted by Crippen LogP contribution is 2.32. The Balaban J connectivity index is 1.58. The summed E-state index contributed by atoms with van der Waals surface area (Å²) in [6.45, 7) is 7.16. The first-order valence-electron chi connectivity index (χ1n) is 12.9. The van der Waals surface area contributed by atoms with E-state index in [9.17, 15) is 14.4 Å². The summed E-state index contributed by atoms with van der Waals surface area (Å²) in [4.78, 5) is 44.0. The van der Waals surface area contributed by atoms with Crippen molar-refractivity contribution in [3.05, 3.63) is 113 Å². The average molecular weight is 591 g/mol. The van der Waals surface area contributed by atoms with E-state index in [1.807, 2.05) is 13.0 Å². The van der Waals surface area contributed by atoms with Crippen LogP contribution in [0.5, 0.6) is 0 Å². The molecule has 5 rings (SSSR count). The molecule has 0 N–H and O–H groups in total. The highest BCUT2D eigenvalue weighted by molar-refractivity contribution is 7.07. The molecule has 0 spiro atoms. The standard InChI is InChI=1S/C31H27ClN2O6S/c1-16(2)39-30(37)26-18(4)33-31-34(27(26)19-6-9-21(32)10-7-19)28(35)25(41-31)15-22-11-13-24(40-22)23-12-8-20(14-17(23)3)29(36)38-5/h6-16,27H,1-5H3/b25-15+/t27-/m1/s1. The van der Waals surface area contributed by atoms with Gasteiger partial charge in [-0.25, -0.2) is 14.6 Å². The number of fused-ring (bicyclic) bond motifs is 1. The van der Waals surface area contributed by atoms with Crippen LogP contribution in [0.25, 0.3) is 17.4 Å². The van der Waals surface area contributed by atoms with E-state index in [1.165, 1.54) is 23.0 Å². The van der Waals surface area contributed by atoms with Gasteiger partial charge in [-0.2, -0.15) is 0 Å². The molecule has 0 bridgehead atoms. The minimum atomic E-state index is -0.736. The van der Waals surface area contributed by atoms with Gasteiger partial charge in [0.25, 0.3) is 5.56 Å². The van der Waals surface area contributed by atoms with Crippen molar-refractivity contribution in [2.24, 2.45) is 4.99 Å².